The minimum Gasteiger partial charge on any atom is -0.309 e. The molecule has 3 heteroatoms. The highest BCUT2D eigenvalue weighted by Gasteiger charge is 1.98. The van der Waals surface area contributed by atoms with Crippen LogP contribution in [0.15, 0.2) is 16.8 Å². The van der Waals surface area contributed by atoms with E-state index in [0.29, 0.717) is 11.9 Å². The van der Waals surface area contributed by atoms with Gasteiger partial charge < -0.3 is 5.32 Å². The van der Waals surface area contributed by atoms with Crippen molar-refractivity contribution in [2.24, 2.45) is 0 Å². The molecule has 1 heterocycles. The first-order valence-corrected chi connectivity index (χ1v) is 5.11. The van der Waals surface area contributed by atoms with Crippen LogP contribution in [0.2, 0.25) is 0 Å². The lowest BCUT2D eigenvalue weighted by molar-refractivity contribution is 0.594. The van der Waals surface area contributed by atoms with E-state index in [0.717, 1.165) is 6.54 Å². The zero-order chi connectivity index (χ0) is 8.10. The van der Waals surface area contributed by atoms with E-state index < -0.39 is 0 Å². The monoisotopic (exact) mass is 189 g/mol. The van der Waals surface area contributed by atoms with Crippen LogP contribution in [0.3, 0.4) is 0 Å². The number of nitrogens with one attached hydrogen (secondary N) is 1. The fraction of sp³-hybridized carbons (Fsp3) is 0.500. The summed E-state index contributed by atoms with van der Waals surface area (Å²) in [6, 6.07) is 2.52. The van der Waals surface area contributed by atoms with Crippen LogP contribution >= 0.6 is 22.9 Å². The van der Waals surface area contributed by atoms with Crippen LogP contribution in [-0.2, 0) is 6.54 Å². The molecule has 0 aliphatic carbocycles. The first-order valence-electron chi connectivity index (χ1n) is 3.63. The maximum absolute atomic E-state index is 5.63. The Hall–Kier alpha value is -0.0500. The minimum absolute atomic E-state index is 0.400. The van der Waals surface area contributed by atoms with Crippen LogP contribution in [0.4, 0.5) is 0 Å². The van der Waals surface area contributed by atoms with Crippen LogP contribution in [-0.4, -0.2) is 11.9 Å². The van der Waals surface area contributed by atoms with Crippen molar-refractivity contribution in [3.8, 4) is 0 Å². The first-order chi connectivity index (χ1) is 5.33. The van der Waals surface area contributed by atoms with E-state index in [1.54, 1.807) is 11.3 Å². The lowest BCUT2D eigenvalue weighted by atomic mass is 10.3. The molecule has 0 aliphatic heterocycles. The first kappa shape index (κ1) is 9.04. The van der Waals surface area contributed by atoms with Gasteiger partial charge in [-0.3, -0.25) is 0 Å². The molecule has 1 unspecified atom stereocenters. The number of alkyl halides is 1. The van der Waals surface area contributed by atoms with E-state index in [4.69, 9.17) is 11.6 Å². The van der Waals surface area contributed by atoms with Crippen LogP contribution in [0.1, 0.15) is 12.5 Å². The van der Waals surface area contributed by atoms with Crippen molar-refractivity contribution in [3.63, 3.8) is 0 Å². The molecule has 0 saturated carbocycles. The summed E-state index contributed by atoms with van der Waals surface area (Å²) in [5.74, 6) is 0.671. The van der Waals surface area contributed by atoms with Gasteiger partial charge in [0.1, 0.15) is 0 Å². The van der Waals surface area contributed by atoms with Gasteiger partial charge in [-0.2, -0.15) is 11.3 Å². The number of hydrogen-bond acceptors (Lipinski definition) is 2. The van der Waals surface area contributed by atoms with E-state index in [1.807, 2.05) is 0 Å². The van der Waals surface area contributed by atoms with Crippen molar-refractivity contribution >= 4 is 22.9 Å². The highest BCUT2D eigenvalue weighted by molar-refractivity contribution is 7.07. The maximum Gasteiger partial charge on any atom is 0.0374 e. The summed E-state index contributed by atoms with van der Waals surface area (Å²) in [5.41, 5.74) is 1.34. The molecule has 1 N–H and O–H groups in total. The zero-order valence-corrected chi connectivity index (χ0v) is 8.08. The average Bonchev–Trinajstić information content (AvgIpc) is 2.52. The Bertz CT molecular complexity index is 186. The van der Waals surface area contributed by atoms with Gasteiger partial charge in [0.15, 0.2) is 0 Å². The highest BCUT2D eigenvalue weighted by atomic mass is 35.5. The van der Waals surface area contributed by atoms with Gasteiger partial charge >= 0.3 is 0 Å². The predicted octanol–water partition coefficient (Wildman–Crippen LogP) is 2.47. The van der Waals surface area contributed by atoms with Gasteiger partial charge in [-0.25, -0.2) is 0 Å². The van der Waals surface area contributed by atoms with Crippen molar-refractivity contribution in [1.82, 2.24) is 5.32 Å². The maximum atomic E-state index is 5.63. The lowest BCUT2D eigenvalue weighted by Crippen LogP contribution is -2.26. The Labute approximate surface area is 76.4 Å². The molecule has 1 atom stereocenters. The Kier molecular flexibility index (Phi) is 3.91. The van der Waals surface area contributed by atoms with Crippen molar-refractivity contribution in [2.45, 2.75) is 19.5 Å². The molecule has 0 aliphatic rings. The van der Waals surface area contributed by atoms with Gasteiger partial charge in [-0.15, -0.1) is 11.6 Å². The molecular formula is C8H12ClNS. The number of thiophene rings is 1. The molecule has 0 bridgehead atoms. The fourth-order valence-corrected chi connectivity index (χ4v) is 1.52. The molecule has 1 aromatic heterocycles. The second-order valence-electron chi connectivity index (χ2n) is 2.57. The topological polar surface area (TPSA) is 12.0 Å². The van der Waals surface area contributed by atoms with Crippen LogP contribution in [0.25, 0.3) is 0 Å². The van der Waals surface area contributed by atoms with Crippen molar-refractivity contribution in [2.75, 3.05) is 5.88 Å². The molecule has 0 aromatic carbocycles. The molecule has 0 radical (unpaired) electrons. The largest absolute Gasteiger partial charge is 0.309 e. The number of hydrogen-bond donors (Lipinski definition) is 1. The van der Waals surface area contributed by atoms with E-state index in [-0.39, 0.29) is 0 Å². The number of rotatable bonds is 4. The second-order valence-corrected chi connectivity index (χ2v) is 3.66. The minimum atomic E-state index is 0.400. The molecule has 0 spiro atoms. The standard InChI is InChI=1S/C8H12ClNS/c1-7(4-9)10-5-8-2-3-11-6-8/h2-3,6-7,10H,4-5H2,1H3. The molecule has 11 heavy (non-hydrogen) atoms. The lowest BCUT2D eigenvalue weighted by Gasteiger charge is -2.08. The molecule has 0 saturated heterocycles. The molecule has 1 aromatic rings. The summed E-state index contributed by atoms with van der Waals surface area (Å²) in [4.78, 5) is 0. The van der Waals surface area contributed by atoms with Crippen LogP contribution in [0, 0.1) is 0 Å². The second kappa shape index (κ2) is 4.75. The summed E-state index contributed by atoms with van der Waals surface area (Å²) in [6.45, 7) is 3.01. The Morgan fingerprint density at radius 3 is 3.09 bits per heavy atom. The summed E-state index contributed by atoms with van der Waals surface area (Å²) in [7, 11) is 0. The third-order valence-corrected chi connectivity index (χ3v) is 2.66. The molecule has 1 rings (SSSR count). The third kappa shape index (κ3) is 3.23. The van der Waals surface area contributed by atoms with Gasteiger partial charge in [0.2, 0.25) is 0 Å². The molecule has 1 nitrogen and oxygen atoms in total. The Balaban J connectivity index is 2.23. The van der Waals surface area contributed by atoms with E-state index in [9.17, 15) is 0 Å². The summed E-state index contributed by atoms with van der Waals surface area (Å²) in [5, 5.41) is 7.54. The predicted molar refractivity (Wildman–Crippen MR) is 51.3 cm³/mol. The SMILES string of the molecule is CC(CCl)NCc1ccsc1. The normalized spacial score (nSPS) is 13.3. The summed E-state index contributed by atoms with van der Waals surface area (Å²) < 4.78 is 0. The highest BCUT2D eigenvalue weighted by Crippen LogP contribution is 2.05. The van der Waals surface area contributed by atoms with Crippen molar-refractivity contribution in [1.29, 1.82) is 0 Å². The molecule has 0 amide bonds. The van der Waals surface area contributed by atoms with Gasteiger partial charge in [0.05, 0.1) is 0 Å². The summed E-state index contributed by atoms with van der Waals surface area (Å²) in [6.07, 6.45) is 0. The number of halogens is 1. The summed E-state index contributed by atoms with van der Waals surface area (Å²) >= 11 is 7.36. The van der Waals surface area contributed by atoms with E-state index >= 15 is 0 Å². The van der Waals surface area contributed by atoms with Gasteiger partial charge in [-0.1, -0.05) is 0 Å². The van der Waals surface area contributed by atoms with Crippen LogP contribution in [0.5, 0.6) is 0 Å². The average molecular weight is 190 g/mol. The third-order valence-electron chi connectivity index (χ3n) is 1.47. The molecule has 0 fully saturated rings. The molecule has 62 valence electrons. The van der Waals surface area contributed by atoms with E-state index in [2.05, 4.69) is 29.1 Å². The van der Waals surface area contributed by atoms with Gasteiger partial charge in [0, 0.05) is 18.5 Å². The van der Waals surface area contributed by atoms with Gasteiger partial charge in [-0.05, 0) is 29.3 Å². The Morgan fingerprint density at radius 2 is 2.55 bits per heavy atom. The van der Waals surface area contributed by atoms with Crippen molar-refractivity contribution < 1.29 is 0 Å². The molecular weight excluding hydrogens is 178 g/mol. The zero-order valence-electron chi connectivity index (χ0n) is 6.51. The van der Waals surface area contributed by atoms with Crippen molar-refractivity contribution in [3.05, 3.63) is 22.4 Å². The van der Waals surface area contributed by atoms with E-state index in [1.165, 1.54) is 5.56 Å². The quantitative estimate of drug-likeness (QED) is 0.718. The Morgan fingerprint density at radius 1 is 1.73 bits per heavy atom. The fourth-order valence-electron chi connectivity index (χ4n) is 0.740. The van der Waals surface area contributed by atoms with Gasteiger partial charge in [0.25, 0.3) is 0 Å². The smallest absolute Gasteiger partial charge is 0.0374 e. The van der Waals surface area contributed by atoms with Crippen LogP contribution < -0.4 is 5.32 Å².